The van der Waals surface area contributed by atoms with Gasteiger partial charge in [0, 0.05) is 10.7 Å². The second kappa shape index (κ2) is 4.94. The first-order chi connectivity index (χ1) is 9.22. The number of para-hydroxylation sites is 1. The number of anilines is 1. The standard InChI is InChI=1S/C15H13ClN2O/c1-10-3-2-4-13-15(10)19-14(18-13)9-17-12-7-5-11(16)6-8-12/h2-8,17H,9H2,1H3. The molecule has 0 saturated heterocycles. The largest absolute Gasteiger partial charge is 0.438 e. The zero-order valence-corrected chi connectivity index (χ0v) is 11.2. The van der Waals surface area contributed by atoms with E-state index in [1.807, 2.05) is 49.4 Å². The van der Waals surface area contributed by atoms with Gasteiger partial charge in [0.05, 0.1) is 6.54 Å². The Morgan fingerprint density at radius 2 is 1.95 bits per heavy atom. The maximum absolute atomic E-state index is 5.84. The summed E-state index contributed by atoms with van der Waals surface area (Å²) in [6.07, 6.45) is 0. The second-order valence-electron chi connectivity index (χ2n) is 4.39. The van der Waals surface area contributed by atoms with Gasteiger partial charge in [-0.05, 0) is 42.8 Å². The highest BCUT2D eigenvalue weighted by atomic mass is 35.5. The van der Waals surface area contributed by atoms with Crippen molar-refractivity contribution in [1.29, 1.82) is 0 Å². The summed E-state index contributed by atoms with van der Waals surface area (Å²) in [4.78, 5) is 4.45. The average Bonchev–Trinajstić information content (AvgIpc) is 2.83. The maximum Gasteiger partial charge on any atom is 0.214 e. The normalized spacial score (nSPS) is 10.8. The van der Waals surface area contributed by atoms with Gasteiger partial charge in [-0.3, -0.25) is 0 Å². The molecule has 0 aliphatic rings. The summed E-state index contributed by atoms with van der Waals surface area (Å²) in [6, 6.07) is 13.5. The Hall–Kier alpha value is -2.00. The third kappa shape index (κ3) is 2.56. The fraction of sp³-hybridized carbons (Fsp3) is 0.133. The number of aromatic nitrogens is 1. The molecule has 0 fully saturated rings. The predicted octanol–water partition coefficient (Wildman–Crippen LogP) is 4.40. The Kier molecular flexibility index (Phi) is 3.13. The predicted molar refractivity (Wildman–Crippen MR) is 77.5 cm³/mol. The van der Waals surface area contributed by atoms with Crippen molar-refractivity contribution in [3.8, 4) is 0 Å². The number of aryl methyl sites for hydroxylation is 1. The Morgan fingerprint density at radius 1 is 1.16 bits per heavy atom. The van der Waals surface area contributed by atoms with Crippen LogP contribution < -0.4 is 5.32 Å². The Labute approximate surface area is 116 Å². The first-order valence-electron chi connectivity index (χ1n) is 6.07. The number of benzene rings is 2. The second-order valence-corrected chi connectivity index (χ2v) is 4.83. The van der Waals surface area contributed by atoms with Crippen LogP contribution in [0.15, 0.2) is 46.9 Å². The topological polar surface area (TPSA) is 38.1 Å². The molecule has 0 bridgehead atoms. The fourth-order valence-corrected chi connectivity index (χ4v) is 2.08. The van der Waals surface area contributed by atoms with Crippen LogP contribution in [0, 0.1) is 6.92 Å². The maximum atomic E-state index is 5.84. The van der Waals surface area contributed by atoms with E-state index in [0.717, 1.165) is 27.4 Å². The Morgan fingerprint density at radius 3 is 2.68 bits per heavy atom. The van der Waals surface area contributed by atoms with Gasteiger partial charge in [-0.1, -0.05) is 23.7 Å². The van der Waals surface area contributed by atoms with Gasteiger partial charge in [0.15, 0.2) is 5.58 Å². The number of hydrogen-bond donors (Lipinski definition) is 1. The lowest BCUT2D eigenvalue weighted by molar-refractivity contribution is 0.539. The minimum absolute atomic E-state index is 0.551. The molecule has 1 heterocycles. The van der Waals surface area contributed by atoms with E-state index in [-0.39, 0.29) is 0 Å². The van der Waals surface area contributed by atoms with Gasteiger partial charge in [-0.15, -0.1) is 0 Å². The molecule has 2 aromatic carbocycles. The molecule has 0 spiro atoms. The van der Waals surface area contributed by atoms with Crippen molar-refractivity contribution in [3.63, 3.8) is 0 Å². The van der Waals surface area contributed by atoms with Crippen LogP contribution in [0.25, 0.3) is 11.1 Å². The SMILES string of the molecule is Cc1cccc2nc(CNc3ccc(Cl)cc3)oc12. The highest BCUT2D eigenvalue weighted by Gasteiger charge is 2.07. The highest BCUT2D eigenvalue weighted by molar-refractivity contribution is 6.30. The lowest BCUT2D eigenvalue weighted by Gasteiger charge is -2.02. The molecule has 1 N–H and O–H groups in total. The molecule has 4 heteroatoms. The minimum atomic E-state index is 0.551. The van der Waals surface area contributed by atoms with Crippen molar-refractivity contribution in [2.24, 2.45) is 0 Å². The summed E-state index contributed by atoms with van der Waals surface area (Å²) < 4.78 is 5.74. The van der Waals surface area contributed by atoms with Crippen molar-refractivity contribution >= 4 is 28.4 Å². The number of hydrogen-bond acceptors (Lipinski definition) is 3. The fourth-order valence-electron chi connectivity index (χ4n) is 1.95. The molecule has 0 unspecified atom stereocenters. The molecule has 0 saturated carbocycles. The molecular formula is C15H13ClN2O. The summed E-state index contributed by atoms with van der Waals surface area (Å²) in [5, 5.41) is 3.98. The molecule has 19 heavy (non-hydrogen) atoms. The van der Waals surface area contributed by atoms with Crippen LogP contribution in [0.5, 0.6) is 0 Å². The van der Waals surface area contributed by atoms with Crippen LogP contribution >= 0.6 is 11.6 Å². The van der Waals surface area contributed by atoms with Gasteiger partial charge in [0.25, 0.3) is 0 Å². The minimum Gasteiger partial charge on any atom is -0.438 e. The van der Waals surface area contributed by atoms with Crippen LogP contribution in [0.1, 0.15) is 11.5 Å². The molecule has 0 radical (unpaired) electrons. The quantitative estimate of drug-likeness (QED) is 0.768. The molecule has 3 nitrogen and oxygen atoms in total. The van der Waals surface area contributed by atoms with Gasteiger partial charge >= 0.3 is 0 Å². The van der Waals surface area contributed by atoms with Crippen molar-refractivity contribution in [2.75, 3.05) is 5.32 Å². The molecule has 3 aromatic rings. The number of oxazole rings is 1. The average molecular weight is 273 g/mol. The molecule has 0 amide bonds. The molecule has 0 aliphatic heterocycles. The lowest BCUT2D eigenvalue weighted by Crippen LogP contribution is -1.98. The summed E-state index contributed by atoms with van der Waals surface area (Å²) in [5.74, 6) is 0.680. The summed E-state index contributed by atoms with van der Waals surface area (Å²) >= 11 is 5.84. The number of halogens is 1. The van der Waals surface area contributed by atoms with Crippen molar-refractivity contribution in [1.82, 2.24) is 4.98 Å². The molecule has 1 aromatic heterocycles. The van der Waals surface area contributed by atoms with E-state index in [2.05, 4.69) is 10.3 Å². The summed E-state index contributed by atoms with van der Waals surface area (Å²) in [5.41, 5.74) is 3.84. The van der Waals surface area contributed by atoms with Gasteiger partial charge in [-0.25, -0.2) is 4.98 Å². The molecule has 0 aliphatic carbocycles. The third-order valence-electron chi connectivity index (χ3n) is 2.94. The summed E-state index contributed by atoms with van der Waals surface area (Å²) in [7, 11) is 0. The summed E-state index contributed by atoms with van der Waals surface area (Å²) in [6.45, 7) is 2.57. The van der Waals surface area contributed by atoms with Gasteiger partial charge in [0.1, 0.15) is 5.52 Å². The number of rotatable bonds is 3. The van der Waals surface area contributed by atoms with Gasteiger partial charge in [0.2, 0.25) is 5.89 Å². The van der Waals surface area contributed by atoms with E-state index in [4.69, 9.17) is 16.0 Å². The van der Waals surface area contributed by atoms with E-state index in [1.54, 1.807) is 0 Å². The van der Waals surface area contributed by atoms with Crippen molar-refractivity contribution in [3.05, 3.63) is 58.9 Å². The van der Waals surface area contributed by atoms with E-state index >= 15 is 0 Å². The first kappa shape index (κ1) is 12.1. The Balaban J connectivity index is 1.78. The van der Waals surface area contributed by atoms with Gasteiger partial charge in [-0.2, -0.15) is 0 Å². The molecule has 96 valence electrons. The van der Waals surface area contributed by atoms with Crippen LogP contribution in [-0.2, 0) is 6.54 Å². The number of fused-ring (bicyclic) bond motifs is 1. The Bertz CT molecular complexity index is 704. The third-order valence-corrected chi connectivity index (χ3v) is 3.20. The van der Waals surface area contributed by atoms with E-state index < -0.39 is 0 Å². The lowest BCUT2D eigenvalue weighted by atomic mass is 10.2. The smallest absolute Gasteiger partial charge is 0.214 e. The molecule has 3 rings (SSSR count). The van der Waals surface area contributed by atoms with E-state index in [0.29, 0.717) is 12.4 Å². The monoisotopic (exact) mass is 272 g/mol. The van der Waals surface area contributed by atoms with Gasteiger partial charge < -0.3 is 9.73 Å². The first-order valence-corrected chi connectivity index (χ1v) is 6.44. The van der Waals surface area contributed by atoms with Crippen LogP contribution in [0.3, 0.4) is 0 Å². The highest BCUT2D eigenvalue weighted by Crippen LogP contribution is 2.20. The molecular weight excluding hydrogens is 260 g/mol. The number of nitrogens with zero attached hydrogens (tertiary/aromatic N) is 1. The zero-order chi connectivity index (χ0) is 13.2. The van der Waals surface area contributed by atoms with Crippen LogP contribution in [-0.4, -0.2) is 4.98 Å². The van der Waals surface area contributed by atoms with Crippen molar-refractivity contribution < 1.29 is 4.42 Å². The van der Waals surface area contributed by atoms with Crippen LogP contribution in [0.2, 0.25) is 5.02 Å². The van der Waals surface area contributed by atoms with Crippen molar-refractivity contribution in [2.45, 2.75) is 13.5 Å². The van der Waals surface area contributed by atoms with E-state index in [1.165, 1.54) is 0 Å². The number of nitrogens with one attached hydrogen (secondary N) is 1. The zero-order valence-electron chi connectivity index (χ0n) is 10.5. The molecule has 0 atom stereocenters. The van der Waals surface area contributed by atoms with E-state index in [9.17, 15) is 0 Å². The van der Waals surface area contributed by atoms with Crippen LogP contribution in [0.4, 0.5) is 5.69 Å².